The number of carbonyl (C=O) groups is 2. The first kappa shape index (κ1) is 30.8. The van der Waals surface area contributed by atoms with Gasteiger partial charge in [-0.1, -0.05) is 91.3 Å². The van der Waals surface area contributed by atoms with Crippen LogP contribution in [-0.2, 0) is 39.0 Å². The van der Waals surface area contributed by atoms with Crippen LogP contribution in [0.25, 0.3) is 0 Å². The average Bonchev–Trinajstić information content (AvgIpc) is 3.03. The highest BCUT2D eigenvalue weighted by Crippen LogP contribution is 2.26. The zero-order valence-corrected chi connectivity index (χ0v) is 25.2. The van der Waals surface area contributed by atoms with Gasteiger partial charge in [0.2, 0.25) is 11.8 Å². The van der Waals surface area contributed by atoms with E-state index in [1.807, 2.05) is 49.4 Å². The number of hydrogen-bond donors (Lipinski definition) is 1. The second kappa shape index (κ2) is 14.2. The Kier molecular flexibility index (Phi) is 10.4. The van der Waals surface area contributed by atoms with E-state index in [2.05, 4.69) is 5.32 Å². The molecule has 0 spiro atoms. The molecule has 0 heterocycles. The van der Waals surface area contributed by atoms with Gasteiger partial charge in [-0.05, 0) is 59.5 Å². The van der Waals surface area contributed by atoms with Crippen LogP contribution in [0.4, 0.5) is 5.69 Å². The van der Waals surface area contributed by atoms with Crippen LogP contribution in [0.15, 0.2) is 114 Å². The van der Waals surface area contributed by atoms with Gasteiger partial charge in [0.25, 0.3) is 10.0 Å². The van der Waals surface area contributed by atoms with E-state index in [0.717, 1.165) is 27.4 Å². The lowest BCUT2D eigenvalue weighted by atomic mass is 10.0. The Morgan fingerprint density at radius 2 is 1.36 bits per heavy atom. The lowest BCUT2D eigenvalue weighted by Gasteiger charge is -2.33. The van der Waals surface area contributed by atoms with Gasteiger partial charge in [0.1, 0.15) is 12.6 Å². The molecule has 7 nitrogen and oxygen atoms in total. The van der Waals surface area contributed by atoms with Crippen molar-refractivity contribution in [3.8, 4) is 0 Å². The van der Waals surface area contributed by atoms with Crippen molar-refractivity contribution in [1.82, 2.24) is 10.2 Å². The maximum atomic E-state index is 14.3. The van der Waals surface area contributed by atoms with E-state index in [4.69, 9.17) is 11.6 Å². The van der Waals surface area contributed by atoms with Crippen molar-refractivity contribution in [3.05, 3.63) is 131 Å². The van der Waals surface area contributed by atoms with Gasteiger partial charge < -0.3 is 10.2 Å². The number of benzene rings is 4. The summed E-state index contributed by atoms with van der Waals surface area (Å²) in [5, 5.41) is 3.22. The maximum Gasteiger partial charge on any atom is 0.264 e. The molecule has 218 valence electrons. The van der Waals surface area contributed by atoms with Crippen molar-refractivity contribution in [2.45, 2.75) is 37.2 Å². The third-order valence-corrected chi connectivity index (χ3v) is 9.07. The summed E-state index contributed by atoms with van der Waals surface area (Å²) in [5.74, 6) is -0.875. The Hall–Kier alpha value is -4.14. The van der Waals surface area contributed by atoms with Crippen LogP contribution in [0.5, 0.6) is 0 Å². The van der Waals surface area contributed by atoms with Crippen molar-refractivity contribution in [2.75, 3.05) is 17.9 Å². The molecule has 4 aromatic rings. The van der Waals surface area contributed by atoms with Gasteiger partial charge in [0.15, 0.2) is 0 Å². The topological polar surface area (TPSA) is 86.8 Å². The summed E-state index contributed by atoms with van der Waals surface area (Å²) in [7, 11) is -2.60. The highest BCUT2D eigenvalue weighted by molar-refractivity contribution is 7.92. The van der Waals surface area contributed by atoms with Crippen molar-refractivity contribution >= 4 is 39.1 Å². The molecule has 0 aliphatic heterocycles. The Balaban J connectivity index is 1.77. The molecule has 0 aliphatic rings. The first-order valence-electron chi connectivity index (χ1n) is 13.7. The minimum absolute atomic E-state index is 0.0637. The summed E-state index contributed by atoms with van der Waals surface area (Å²) in [6.45, 7) is 1.59. The predicted octanol–water partition coefficient (Wildman–Crippen LogP) is 5.48. The van der Waals surface area contributed by atoms with Gasteiger partial charge in [-0.3, -0.25) is 13.9 Å². The molecule has 0 saturated heterocycles. The van der Waals surface area contributed by atoms with E-state index in [0.29, 0.717) is 10.7 Å². The number of hydrogen-bond acceptors (Lipinski definition) is 4. The van der Waals surface area contributed by atoms with Gasteiger partial charge >= 0.3 is 0 Å². The summed E-state index contributed by atoms with van der Waals surface area (Å²) in [6, 6.07) is 30.6. The molecule has 0 saturated carbocycles. The highest BCUT2D eigenvalue weighted by Gasteiger charge is 2.34. The van der Waals surface area contributed by atoms with Crippen LogP contribution >= 0.6 is 11.6 Å². The van der Waals surface area contributed by atoms with E-state index >= 15 is 0 Å². The number of sulfonamides is 1. The van der Waals surface area contributed by atoms with Gasteiger partial charge in [0, 0.05) is 25.0 Å². The molecule has 4 aromatic carbocycles. The van der Waals surface area contributed by atoms with Crippen LogP contribution in [0, 0.1) is 0 Å². The molecule has 0 unspecified atom stereocenters. The summed E-state index contributed by atoms with van der Waals surface area (Å²) >= 11 is 6.10. The number of likely N-dealkylation sites (N-methyl/N-ethyl adjacent to an activating group) is 1. The zero-order chi connectivity index (χ0) is 30.1. The minimum Gasteiger partial charge on any atom is -0.357 e. The van der Waals surface area contributed by atoms with Crippen LogP contribution < -0.4 is 9.62 Å². The number of aryl methyl sites for hydroxylation is 1. The SMILES string of the molecule is CCc1ccc(N(CC(=O)N(Cc2ccc(Cl)cc2)[C@@H](Cc2ccccc2)C(=O)NC)S(=O)(=O)c2ccccc2)cc1. The Labute approximate surface area is 252 Å². The fourth-order valence-corrected chi connectivity index (χ4v) is 6.21. The molecule has 2 amide bonds. The standard InChI is InChI=1S/C33H34ClN3O4S/c1-3-25-16-20-29(21-17-25)37(42(40,41)30-12-8-5-9-13-30)24-32(38)36(23-27-14-18-28(34)19-15-27)31(33(39)35-2)22-26-10-6-4-7-11-26/h4-21,31H,3,22-24H2,1-2H3,(H,35,39)/t31-/m0/s1. The molecule has 42 heavy (non-hydrogen) atoms. The largest absolute Gasteiger partial charge is 0.357 e. The van der Waals surface area contributed by atoms with E-state index in [9.17, 15) is 18.0 Å². The summed E-state index contributed by atoms with van der Waals surface area (Å²) in [4.78, 5) is 29.1. The van der Waals surface area contributed by atoms with Crippen LogP contribution in [-0.4, -0.2) is 44.8 Å². The van der Waals surface area contributed by atoms with E-state index in [-0.39, 0.29) is 23.8 Å². The van der Waals surface area contributed by atoms with Crippen LogP contribution in [0.1, 0.15) is 23.6 Å². The van der Waals surface area contributed by atoms with Crippen LogP contribution in [0.2, 0.25) is 5.02 Å². The number of amides is 2. The van der Waals surface area contributed by atoms with E-state index < -0.39 is 28.5 Å². The summed E-state index contributed by atoms with van der Waals surface area (Å²) in [6.07, 6.45) is 1.03. The zero-order valence-electron chi connectivity index (χ0n) is 23.6. The molecular formula is C33H34ClN3O4S. The molecule has 0 aliphatic carbocycles. The van der Waals surface area contributed by atoms with Crippen molar-refractivity contribution < 1.29 is 18.0 Å². The van der Waals surface area contributed by atoms with Crippen molar-refractivity contribution in [3.63, 3.8) is 0 Å². The molecule has 4 rings (SSSR count). The summed E-state index contributed by atoms with van der Waals surface area (Å²) < 4.78 is 29.0. The maximum absolute atomic E-state index is 14.3. The van der Waals surface area contributed by atoms with Gasteiger partial charge in [-0.15, -0.1) is 0 Å². The number of halogens is 1. The van der Waals surface area contributed by atoms with Crippen molar-refractivity contribution in [1.29, 1.82) is 0 Å². The second-order valence-electron chi connectivity index (χ2n) is 9.81. The molecule has 0 radical (unpaired) electrons. The number of rotatable bonds is 12. The molecule has 9 heteroatoms. The molecule has 1 atom stereocenters. The Bertz CT molecular complexity index is 1580. The minimum atomic E-state index is -4.12. The number of nitrogens with one attached hydrogen (secondary N) is 1. The lowest BCUT2D eigenvalue weighted by molar-refractivity contribution is -0.139. The van der Waals surface area contributed by atoms with Gasteiger partial charge in [-0.25, -0.2) is 8.42 Å². The summed E-state index contributed by atoms with van der Waals surface area (Å²) in [5.41, 5.74) is 3.01. The van der Waals surface area contributed by atoms with Crippen molar-refractivity contribution in [2.24, 2.45) is 0 Å². The number of nitrogens with zero attached hydrogens (tertiary/aromatic N) is 2. The van der Waals surface area contributed by atoms with E-state index in [1.165, 1.54) is 24.1 Å². The Morgan fingerprint density at radius 1 is 0.786 bits per heavy atom. The molecule has 1 N–H and O–H groups in total. The monoisotopic (exact) mass is 603 g/mol. The fourth-order valence-electron chi connectivity index (χ4n) is 4.65. The highest BCUT2D eigenvalue weighted by atomic mass is 35.5. The molecule has 0 fully saturated rings. The first-order chi connectivity index (χ1) is 20.2. The number of anilines is 1. The van der Waals surface area contributed by atoms with Gasteiger partial charge in [-0.2, -0.15) is 0 Å². The predicted molar refractivity (Wildman–Crippen MR) is 167 cm³/mol. The lowest BCUT2D eigenvalue weighted by Crippen LogP contribution is -2.53. The average molecular weight is 604 g/mol. The third-order valence-electron chi connectivity index (χ3n) is 7.03. The fraction of sp³-hybridized carbons (Fsp3) is 0.212. The van der Waals surface area contributed by atoms with Gasteiger partial charge in [0.05, 0.1) is 10.6 Å². The smallest absolute Gasteiger partial charge is 0.264 e. The van der Waals surface area contributed by atoms with E-state index in [1.54, 1.807) is 54.6 Å². The number of carbonyl (C=O) groups excluding carboxylic acids is 2. The first-order valence-corrected chi connectivity index (χ1v) is 15.5. The molecule has 0 aromatic heterocycles. The normalized spacial score (nSPS) is 11.9. The third kappa shape index (κ3) is 7.57. The van der Waals surface area contributed by atoms with Crippen LogP contribution in [0.3, 0.4) is 0 Å². The Morgan fingerprint density at radius 3 is 1.93 bits per heavy atom. The quantitative estimate of drug-likeness (QED) is 0.232. The second-order valence-corrected chi connectivity index (χ2v) is 12.1. The molecular weight excluding hydrogens is 570 g/mol. The molecule has 0 bridgehead atoms.